The summed E-state index contributed by atoms with van der Waals surface area (Å²) in [5.41, 5.74) is 1.02. The van der Waals surface area contributed by atoms with Crippen LogP contribution in [0.4, 0.5) is 5.69 Å². The number of amides is 1. The van der Waals surface area contributed by atoms with Crippen molar-refractivity contribution in [1.29, 1.82) is 0 Å². The van der Waals surface area contributed by atoms with Gasteiger partial charge in [-0.3, -0.25) is 4.79 Å². The van der Waals surface area contributed by atoms with Gasteiger partial charge in [-0.05, 0) is 36.2 Å². The molecular weight excluding hydrogens is 410 g/mol. The maximum Gasteiger partial charge on any atom is 0.241 e. The van der Waals surface area contributed by atoms with Gasteiger partial charge in [0.2, 0.25) is 15.9 Å². The summed E-state index contributed by atoms with van der Waals surface area (Å²) < 4.78 is 28.0. The van der Waals surface area contributed by atoms with Crippen molar-refractivity contribution in [3.05, 3.63) is 59.6 Å². The van der Waals surface area contributed by atoms with Crippen LogP contribution in [0.2, 0.25) is 5.02 Å². The molecular formula is C21H26ClN3O3S. The van der Waals surface area contributed by atoms with Crippen LogP contribution in [0.1, 0.15) is 13.8 Å². The molecule has 0 spiro atoms. The zero-order valence-corrected chi connectivity index (χ0v) is 18.2. The van der Waals surface area contributed by atoms with Crippen LogP contribution in [0, 0.1) is 5.92 Å². The van der Waals surface area contributed by atoms with Gasteiger partial charge in [0, 0.05) is 36.9 Å². The van der Waals surface area contributed by atoms with Crippen molar-refractivity contribution in [2.45, 2.75) is 24.8 Å². The Kier molecular flexibility index (Phi) is 6.82. The van der Waals surface area contributed by atoms with E-state index in [1.54, 1.807) is 23.1 Å². The van der Waals surface area contributed by atoms with E-state index in [0.29, 0.717) is 31.2 Å². The average Bonchev–Trinajstić information content (AvgIpc) is 2.72. The van der Waals surface area contributed by atoms with E-state index in [2.05, 4.69) is 9.62 Å². The van der Waals surface area contributed by atoms with Crippen molar-refractivity contribution in [3.63, 3.8) is 0 Å². The van der Waals surface area contributed by atoms with E-state index in [0.717, 1.165) is 5.69 Å². The number of halogens is 1. The topological polar surface area (TPSA) is 69.7 Å². The Morgan fingerprint density at radius 2 is 1.66 bits per heavy atom. The van der Waals surface area contributed by atoms with Gasteiger partial charge < -0.3 is 9.80 Å². The predicted molar refractivity (Wildman–Crippen MR) is 116 cm³/mol. The van der Waals surface area contributed by atoms with Gasteiger partial charge in [0.05, 0.1) is 4.90 Å². The first-order valence-corrected chi connectivity index (χ1v) is 11.5. The molecule has 1 heterocycles. The van der Waals surface area contributed by atoms with Crippen LogP contribution in [0.15, 0.2) is 59.5 Å². The Balaban J connectivity index is 1.67. The summed E-state index contributed by atoms with van der Waals surface area (Å²) >= 11 is 6.08. The van der Waals surface area contributed by atoms with Crippen LogP contribution in [-0.2, 0) is 14.8 Å². The molecule has 0 aromatic heterocycles. The number of carbonyl (C=O) groups excluding carboxylic acids is 1. The molecule has 1 fully saturated rings. The molecule has 1 unspecified atom stereocenters. The first-order chi connectivity index (χ1) is 13.8. The molecule has 0 saturated carbocycles. The number of nitrogens with zero attached hydrogens (tertiary/aromatic N) is 2. The minimum atomic E-state index is -3.77. The lowest BCUT2D eigenvalue weighted by Gasteiger charge is -2.38. The number of sulfonamides is 1. The second-order valence-corrected chi connectivity index (χ2v) is 9.60. The van der Waals surface area contributed by atoms with E-state index in [4.69, 9.17) is 11.6 Å². The minimum Gasteiger partial charge on any atom is -0.368 e. The summed E-state index contributed by atoms with van der Waals surface area (Å²) in [6, 6.07) is 15.0. The molecule has 1 N–H and O–H groups in total. The van der Waals surface area contributed by atoms with E-state index < -0.39 is 16.1 Å². The number of nitrogens with one attached hydrogen (secondary N) is 1. The van der Waals surface area contributed by atoms with Crippen LogP contribution in [0.5, 0.6) is 0 Å². The monoisotopic (exact) mass is 435 g/mol. The predicted octanol–water partition coefficient (Wildman–Crippen LogP) is 2.99. The molecule has 0 radical (unpaired) electrons. The third-order valence-corrected chi connectivity index (χ3v) is 6.73. The molecule has 3 rings (SSSR count). The second kappa shape index (κ2) is 9.15. The average molecular weight is 436 g/mol. The molecule has 1 amide bonds. The maximum absolute atomic E-state index is 13.1. The highest BCUT2D eigenvalue weighted by Crippen LogP contribution is 2.21. The Morgan fingerprint density at radius 1 is 1.00 bits per heavy atom. The fourth-order valence-corrected chi connectivity index (χ4v) is 4.90. The van der Waals surface area contributed by atoms with Gasteiger partial charge in [0.15, 0.2) is 0 Å². The maximum atomic E-state index is 13.1. The minimum absolute atomic E-state index is 0.157. The molecule has 156 valence electrons. The normalized spacial score (nSPS) is 16.1. The fourth-order valence-electron chi connectivity index (χ4n) is 3.36. The lowest BCUT2D eigenvalue weighted by molar-refractivity contribution is -0.134. The number of anilines is 1. The van der Waals surface area contributed by atoms with Crippen molar-refractivity contribution >= 4 is 33.2 Å². The van der Waals surface area contributed by atoms with Gasteiger partial charge in [-0.15, -0.1) is 0 Å². The van der Waals surface area contributed by atoms with E-state index in [9.17, 15) is 13.2 Å². The molecule has 1 aliphatic heterocycles. The molecule has 2 aromatic rings. The molecule has 2 aromatic carbocycles. The van der Waals surface area contributed by atoms with Crippen molar-refractivity contribution in [2.75, 3.05) is 31.1 Å². The van der Waals surface area contributed by atoms with E-state index in [1.165, 1.54) is 12.1 Å². The largest absolute Gasteiger partial charge is 0.368 e. The van der Waals surface area contributed by atoms with Crippen LogP contribution < -0.4 is 9.62 Å². The van der Waals surface area contributed by atoms with E-state index >= 15 is 0 Å². The highest BCUT2D eigenvalue weighted by atomic mass is 35.5. The van der Waals surface area contributed by atoms with Crippen molar-refractivity contribution in [3.8, 4) is 0 Å². The molecule has 8 heteroatoms. The standard InChI is InChI=1S/C21H26ClN3O3S/c1-16(2)20(23-29(27,28)19-9-4-3-5-10-19)21(26)25-13-11-24(12-14-25)18-8-6-7-17(22)15-18/h3-10,15-16,20,23H,11-14H2,1-2H3. The summed E-state index contributed by atoms with van der Waals surface area (Å²) in [6.07, 6.45) is 0. The SMILES string of the molecule is CC(C)C(NS(=O)(=O)c1ccccc1)C(=O)N1CCN(c2cccc(Cl)c2)CC1. The molecule has 29 heavy (non-hydrogen) atoms. The molecule has 1 aliphatic rings. The second-order valence-electron chi connectivity index (χ2n) is 7.45. The lowest BCUT2D eigenvalue weighted by atomic mass is 10.0. The molecule has 6 nitrogen and oxygen atoms in total. The smallest absolute Gasteiger partial charge is 0.241 e. The Labute approximate surface area is 177 Å². The van der Waals surface area contributed by atoms with Gasteiger partial charge in [-0.2, -0.15) is 4.72 Å². The van der Waals surface area contributed by atoms with Gasteiger partial charge in [0.25, 0.3) is 0 Å². The van der Waals surface area contributed by atoms with Crippen LogP contribution in [0.3, 0.4) is 0 Å². The quantitative estimate of drug-likeness (QED) is 0.757. The molecule has 0 bridgehead atoms. The fraction of sp³-hybridized carbons (Fsp3) is 0.381. The zero-order chi connectivity index (χ0) is 21.0. The van der Waals surface area contributed by atoms with Gasteiger partial charge in [-0.25, -0.2) is 8.42 Å². The van der Waals surface area contributed by atoms with Gasteiger partial charge >= 0.3 is 0 Å². The first kappa shape index (κ1) is 21.6. The first-order valence-electron chi connectivity index (χ1n) is 9.64. The third-order valence-electron chi connectivity index (χ3n) is 5.03. The summed E-state index contributed by atoms with van der Waals surface area (Å²) in [7, 11) is -3.77. The summed E-state index contributed by atoms with van der Waals surface area (Å²) in [4.78, 5) is 17.2. The Morgan fingerprint density at radius 3 is 2.24 bits per heavy atom. The molecule has 1 saturated heterocycles. The summed E-state index contributed by atoms with van der Waals surface area (Å²) in [5.74, 6) is -0.364. The molecule has 1 atom stereocenters. The highest BCUT2D eigenvalue weighted by Gasteiger charge is 2.33. The van der Waals surface area contributed by atoms with Crippen LogP contribution in [0.25, 0.3) is 0 Å². The zero-order valence-electron chi connectivity index (χ0n) is 16.6. The van der Waals surface area contributed by atoms with Gasteiger partial charge in [0.1, 0.15) is 6.04 Å². The number of rotatable bonds is 6. The summed E-state index contributed by atoms with van der Waals surface area (Å²) in [5, 5.41) is 0.677. The number of benzene rings is 2. The van der Waals surface area contributed by atoms with E-state index in [-0.39, 0.29) is 16.7 Å². The summed E-state index contributed by atoms with van der Waals surface area (Å²) in [6.45, 7) is 6.09. The number of piperazine rings is 1. The lowest BCUT2D eigenvalue weighted by Crippen LogP contribution is -2.56. The number of hydrogen-bond donors (Lipinski definition) is 1. The van der Waals surface area contributed by atoms with Crippen molar-refractivity contribution < 1.29 is 13.2 Å². The third kappa shape index (κ3) is 5.29. The Hall–Kier alpha value is -2.09. The highest BCUT2D eigenvalue weighted by molar-refractivity contribution is 7.89. The van der Waals surface area contributed by atoms with E-state index in [1.807, 2.05) is 38.1 Å². The van der Waals surface area contributed by atoms with Gasteiger partial charge in [-0.1, -0.05) is 49.7 Å². The number of hydrogen-bond acceptors (Lipinski definition) is 4. The Bertz CT molecular complexity index is 943. The molecule has 0 aliphatic carbocycles. The van der Waals surface area contributed by atoms with Crippen LogP contribution in [-0.4, -0.2) is 51.4 Å². The van der Waals surface area contributed by atoms with Crippen molar-refractivity contribution in [2.24, 2.45) is 5.92 Å². The van der Waals surface area contributed by atoms with Crippen molar-refractivity contribution in [1.82, 2.24) is 9.62 Å². The number of carbonyl (C=O) groups is 1. The van der Waals surface area contributed by atoms with Crippen LogP contribution >= 0.6 is 11.6 Å².